The molecule has 0 radical (unpaired) electrons. The van der Waals surface area contributed by atoms with Crippen LogP contribution in [0, 0.1) is 0 Å². The molecule has 0 saturated heterocycles. The predicted octanol–water partition coefficient (Wildman–Crippen LogP) is 5.30. The topological polar surface area (TPSA) is 125 Å². The lowest BCUT2D eigenvalue weighted by molar-refractivity contribution is 0.176. The van der Waals surface area contributed by atoms with Crippen LogP contribution in [0.15, 0.2) is 108 Å². The molecule has 1 unspecified atom stereocenters. The van der Waals surface area contributed by atoms with Crippen molar-refractivity contribution in [2.75, 3.05) is 25.5 Å². The van der Waals surface area contributed by atoms with Crippen molar-refractivity contribution in [1.82, 2.24) is 15.6 Å². The highest BCUT2D eigenvalue weighted by Gasteiger charge is 2.15. The smallest absolute Gasteiger partial charge is 0.319 e. The van der Waals surface area contributed by atoms with Crippen molar-refractivity contribution < 1.29 is 19.4 Å². The third-order valence-corrected chi connectivity index (χ3v) is 7.23. The molecule has 0 aliphatic carbocycles. The van der Waals surface area contributed by atoms with Gasteiger partial charge < -0.3 is 35.5 Å². The Morgan fingerprint density at radius 3 is 2.52 bits per heavy atom. The summed E-state index contributed by atoms with van der Waals surface area (Å²) in [5.74, 6) is 1.27. The zero-order valence-corrected chi connectivity index (χ0v) is 24.5. The van der Waals surface area contributed by atoms with E-state index in [1.807, 2.05) is 84.9 Å². The van der Waals surface area contributed by atoms with Gasteiger partial charge in [-0.3, -0.25) is 4.79 Å². The molecule has 9 heteroatoms. The summed E-state index contributed by atoms with van der Waals surface area (Å²) < 4.78 is 11.4. The fourth-order valence-corrected chi connectivity index (χ4v) is 4.98. The summed E-state index contributed by atoms with van der Waals surface area (Å²) in [6.07, 6.45) is -0.0997. The number of hydrogen-bond acceptors (Lipinski definition) is 6. The number of pyridine rings is 1. The summed E-state index contributed by atoms with van der Waals surface area (Å²) in [5.41, 5.74) is 4.65. The highest BCUT2D eigenvalue weighted by molar-refractivity contribution is 5.89. The molecule has 1 aromatic heterocycles. The molecule has 5 aromatic rings. The Morgan fingerprint density at radius 1 is 0.886 bits per heavy atom. The maximum Gasteiger partial charge on any atom is 0.319 e. The zero-order valence-electron chi connectivity index (χ0n) is 24.5. The van der Waals surface area contributed by atoms with Gasteiger partial charge in [-0.15, -0.1) is 0 Å². The van der Waals surface area contributed by atoms with Gasteiger partial charge >= 0.3 is 6.03 Å². The molecule has 1 heterocycles. The van der Waals surface area contributed by atoms with E-state index in [1.165, 1.54) is 6.07 Å². The molecular weight excluding hydrogens is 556 g/mol. The van der Waals surface area contributed by atoms with Gasteiger partial charge in [-0.2, -0.15) is 0 Å². The molecular formula is C35H36N4O5. The van der Waals surface area contributed by atoms with E-state index in [0.717, 1.165) is 27.8 Å². The van der Waals surface area contributed by atoms with E-state index in [9.17, 15) is 14.7 Å². The Balaban J connectivity index is 1.13. The minimum Gasteiger partial charge on any atom is -0.496 e. The van der Waals surface area contributed by atoms with E-state index < -0.39 is 6.10 Å². The van der Waals surface area contributed by atoms with Crippen LogP contribution < -0.4 is 31.0 Å². The Morgan fingerprint density at radius 2 is 1.68 bits per heavy atom. The van der Waals surface area contributed by atoms with Crippen molar-refractivity contribution in [3.63, 3.8) is 0 Å². The third-order valence-electron chi connectivity index (χ3n) is 7.23. The van der Waals surface area contributed by atoms with Gasteiger partial charge in [0, 0.05) is 35.8 Å². The summed E-state index contributed by atoms with van der Waals surface area (Å²) in [6, 6.07) is 31.5. The van der Waals surface area contributed by atoms with Crippen molar-refractivity contribution in [1.29, 1.82) is 0 Å². The molecule has 44 heavy (non-hydrogen) atoms. The average molecular weight is 593 g/mol. The second-order valence-corrected chi connectivity index (χ2v) is 10.3. The number of rotatable bonds is 13. The van der Waals surface area contributed by atoms with Gasteiger partial charge in [0.05, 0.1) is 18.7 Å². The summed E-state index contributed by atoms with van der Waals surface area (Å²) in [6.45, 7) is 1.65. The predicted molar refractivity (Wildman–Crippen MR) is 172 cm³/mol. The minimum absolute atomic E-state index is 0.238. The van der Waals surface area contributed by atoms with Crippen molar-refractivity contribution in [3.8, 4) is 11.5 Å². The van der Waals surface area contributed by atoms with Crippen LogP contribution in [0.25, 0.3) is 10.9 Å². The van der Waals surface area contributed by atoms with Gasteiger partial charge in [0.25, 0.3) is 0 Å². The van der Waals surface area contributed by atoms with E-state index >= 15 is 0 Å². The number of fused-ring (bicyclic) bond motifs is 1. The maximum atomic E-state index is 12.5. The van der Waals surface area contributed by atoms with Crippen LogP contribution in [0.4, 0.5) is 10.5 Å². The molecule has 0 saturated carbocycles. The number of nitrogens with one attached hydrogen (secondary N) is 4. The number of ether oxygens (including phenoxy) is 2. The Hall–Kier alpha value is -5.12. The number of aliphatic hydroxyl groups is 1. The fraction of sp³-hybridized carbons (Fsp3) is 0.200. The number of aromatic nitrogens is 1. The van der Waals surface area contributed by atoms with Crippen molar-refractivity contribution in [2.45, 2.75) is 25.7 Å². The van der Waals surface area contributed by atoms with Gasteiger partial charge in [-0.25, -0.2) is 4.79 Å². The number of urea groups is 1. The Kier molecular flexibility index (Phi) is 10.2. The molecule has 226 valence electrons. The highest BCUT2D eigenvalue weighted by Crippen LogP contribution is 2.30. The molecule has 1 atom stereocenters. The molecule has 0 aliphatic rings. The minimum atomic E-state index is -0.800. The normalized spacial score (nSPS) is 11.6. The molecule has 0 spiro atoms. The van der Waals surface area contributed by atoms with Crippen LogP contribution in [-0.4, -0.2) is 36.3 Å². The summed E-state index contributed by atoms with van der Waals surface area (Å²) in [4.78, 5) is 27.5. The quantitative estimate of drug-likeness (QED) is 0.118. The van der Waals surface area contributed by atoms with E-state index in [-0.39, 0.29) is 11.6 Å². The van der Waals surface area contributed by atoms with E-state index in [4.69, 9.17) is 9.47 Å². The van der Waals surface area contributed by atoms with Gasteiger partial charge in [0.1, 0.15) is 18.1 Å². The fourth-order valence-electron chi connectivity index (χ4n) is 4.98. The number of carbonyl (C=O) groups excluding carboxylic acids is 1. The van der Waals surface area contributed by atoms with Crippen LogP contribution in [0.1, 0.15) is 28.4 Å². The molecule has 4 aromatic carbocycles. The number of amides is 2. The first-order valence-corrected chi connectivity index (χ1v) is 14.5. The molecule has 0 fully saturated rings. The highest BCUT2D eigenvalue weighted by atomic mass is 16.5. The van der Waals surface area contributed by atoms with Crippen molar-refractivity contribution in [2.24, 2.45) is 0 Å². The lowest BCUT2D eigenvalue weighted by Crippen LogP contribution is -2.28. The first-order chi connectivity index (χ1) is 21.5. The molecule has 5 N–H and O–H groups in total. The number of H-pyrrole nitrogens is 1. The van der Waals surface area contributed by atoms with Crippen LogP contribution in [0.3, 0.4) is 0 Å². The maximum absolute atomic E-state index is 12.5. The SMILES string of the molecule is COc1ccccc1CNC(=O)Nc1cccc(CCNCC(O)c2ccc(OCc3ccccc3)c3[nH]c(=O)ccc23)c1. The first-order valence-electron chi connectivity index (χ1n) is 14.5. The lowest BCUT2D eigenvalue weighted by Gasteiger charge is -2.17. The van der Waals surface area contributed by atoms with Gasteiger partial charge in [0.15, 0.2) is 0 Å². The molecule has 0 bridgehead atoms. The lowest BCUT2D eigenvalue weighted by atomic mass is 10.0. The number of carbonyl (C=O) groups is 1. The van der Waals surface area contributed by atoms with Crippen molar-refractivity contribution in [3.05, 3.63) is 136 Å². The standard InChI is InChI=1S/C35H36N4O5/c1-43-31-13-6-5-11-26(31)21-37-35(42)38-27-12-7-10-24(20-27)18-19-36-22-30(40)28-14-16-32(34-29(28)15-17-33(41)39-34)44-23-25-8-3-2-4-9-25/h2-17,20,30,36,40H,18-19,21-23H2,1H3,(H,39,41)(H2,37,38,42). The number of anilines is 1. The van der Waals surface area contributed by atoms with Crippen molar-refractivity contribution >= 4 is 22.6 Å². The largest absolute Gasteiger partial charge is 0.496 e. The van der Waals surface area contributed by atoms with E-state index in [2.05, 4.69) is 20.9 Å². The van der Waals surface area contributed by atoms with Gasteiger partial charge in [-0.1, -0.05) is 66.7 Å². The Labute approximate surface area is 255 Å². The summed E-state index contributed by atoms with van der Waals surface area (Å²) >= 11 is 0. The monoisotopic (exact) mass is 592 g/mol. The van der Waals surface area contributed by atoms with Crippen LogP contribution in [0.2, 0.25) is 0 Å². The number of methoxy groups -OCH3 is 1. The molecule has 5 rings (SSSR count). The van der Waals surface area contributed by atoms with E-state index in [1.54, 1.807) is 19.2 Å². The zero-order chi connectivity index (χ0) is 30.7. The average Bonchev–Trinajstić information content (AvgIpc) is 3.05. The summed E-state index contributed by atoms with van der Waals surface area (Å²) in [5, 5.41) is 20.8. The van der Waals surface area contributed by atoms with Crippen LogP contribution in [-0.2, 0) is 19.6 Å². The first kappa shape index (κ1) is 30.3. The number of hydrogen-bond donors (Lipinski definition) is 5. The molecule has 0 aliphatic heterocycles. The Bertz CT molecular complexity index is 1760. The van der Waals surface area contributed by atoms with Gasteiger partial charge in [0.2, 0.25) is 5.56 Å². The summed E-state index contributed by atoms with van der Waals surface area (Å²) in [7, 11) is 1.60. The molecule has 2 amide bonds. The van der Waals surface area contributed by atoms with Crippen LogP contribution in [0.5, 0.6) is 11.5 Å². The third kappa shape index (κ3) is 8.03. The second-order valence-electron chi connectivity index (χ2n) is 10.3. The number of aromatic amines is 1. The number of benzene rings is 4. The van der Waals surface area contributed by atoms with Gasteiger partial charge in [-0.05, 0) is 60.0 Å². The molecule has 9 nitrogen and oxygen atoms in total. The van der Waals surface area contributed by atoms with Crippen LogP contribution >= 0.6 is 0 Å². The number of aliphatic hydroxyl groups excluding tert-OH is 1. The second kappa shape index (κ2) is 14.9. The number of para-hydroxylation sites is 1. The van der Waals surface area contributed by atoms with E-state index in [0.29, 0.717) is 55.2 Å².